The fraction of sp³-hybridized carbons (Fsp3) is 0. The Hall–Kier alpha value is -1.31. The minimum absolute atomic E-state index is 0.146. The third-order valence-electron chi connectivity index (χ3n) is 1.54. The fourth-order valence-electron chi connectivity index (χ4n) is 0.947. The van der Waals surface area contributed by atoms with Crippen molar-refractivity contribution in [2.24, 2.45) is 0 Å². The van der Waals surface area contributed by atoms with Crippen LogP contribution >= 0.6 is 34.7 Å². The summed E-state index contributed by atoms with van der Waals surface area (Å²) in [7, 11) is 0. The molecule has 2 rings (SSSR count). The van der Waals surface area contributed by atoms with Gasteiger partial charge >= 0.3 is 0 Å². The zero-order valence-electron chi connectivity index (χ0n) is 7.52. The lowest BCUT2D eigenvalue weighted by Crippen LogP contribution is -2.12. The average molecular weight is 276 g/mol. The van der Waals surface area contributed by atoms with E-state index in [9.17, 15) is 4.79 Å². The number of carbonyl (C=O) groups is 1. The summed E-state index contributed by atoms with van der Waals surface area (Å²) in [6, 6.07) is 2.80. The number of halogens is 2. The van der Waals surface area contributed by atoms with Crippen LogP contribution in [0.4, 0.5) is 5.13 Å². The number of amides is 1. The summed E-state index contributed by atoms with van der Waals surface area (Å²) >= 11 is 12.3. The lowest BCUT2D eigenvalue weighted by molar-refractivity contribution is 0.102. The van der Waals surface area contributed by atoms with Gasteiger partial charge in [0.15, 0.2) is 0 Å². The molecule has 6 nitrogen and oxygen atoms in total. The van der Waals surface area contributed by atoms with Gasteiger partial charge < -0.3 is 0 Å². The van der Waals surface area contributed by atoms with Crippen LogP contribution in [0.25, 0.3) is 0 Å². The van der Waals surface area contributed by atoms with Crippen molar-refractivity contribution in [2.75, 3.05) is 5.32 Å². The van der Waals surface area contributed by atoms with Crippen LogP contribution in [0.2, 0.25) is 10.3 Å². The van der Waals surface area contributed by atoms with E-state index in [0.29, 0.717) is 10.7 Å². The van der Waals surface area contributed by atoms with E-state index in [2.05, 4.69) is 25.1 Å². The first-order valence-corrected chi connectivity index (χ1v) is 5.47. The van der Waals surface area contributed by atoms with Gasteiger partial charge in [-0.3, -0.25) is 10.1 Å². The topological polar surface area (TPSA) is 80.7 Å². The number of nitrogens with zero attached hydrogens (tertiary/aromatic N) is 4. The smallest absolute Gasteiger partial charge is 0.257 e. The number of carbonyl (C=O) groups excluding carboxylic acids is 1. The van der Waals surface area contributed by atoms with Crippen molar-refractivity contribution in [3.05, 3.63) is 28.0 Å². The molecule has 0 fully saturated rings. The molecule has 0 aromatic carbocycles. The van der Waals surface area contributed by atoms with Gasteiger partial charge in [-0.15, -0.1) is 0 Å². The second-order valence-corrected chi connectivity index (χ2v) is 4.13. The normalized spacial score (nSPS) is 10.1. The van der Waals surface area contributed by atoms with E-state index in [4.69, 9.17) is 23.2 Å². The summed E-state index contributed by atoms with van der Waals surface area (Å²) < 4.78 is 3.51. The monoisotopic (exact) mass is 275 g/mol. The summed E-state index contributed by atoms with van der Waals surface area (Å²) in [6.07, 6.45) is 0. The third-order valence-corrected chi connectivity index (χ3v) is 2.44. The van der Waals surface area contributed by atoms with Crippen LogP contribution in [0.1, 0.15) is 10.4 Å². The Balaban J connectivity index is 2.21. The molecule has 0 aliphatic carbocycles. The van der Waals surface area contributed by atoms with E-state index >= 15 is 0 Å². The van der Waals surface area contributed by atoms with E-state index < -0.39 is 5.91 Å². The minimum atomic E-state index is -0.398. The number of hydrogen-bond acceptors (Lipinski definition) is 6. The first-order chi connectivity index (χ1) is 7.65. The maximum absolute atomic E-state index is 11.7. The Morgan fingerprint density at radius 3 is 2.56 bits per heavy atom. The molecule has 0 saturated heterocycles. The molecule has 0 aliphatic rings. The summed E-state index contributed by atoms with van der Waals surface area (Å²) in [4.78, 5) is 15.4. The van der Waals surface area contributed by atoms with Crippen molar-refractivity contribution >= 4 is 45.8 Å². The highest BCUT2D eigenvalue weighted by Crippen LogP contribution is 2.16. The number of anilines is 1. The summed E-state index contributed by atoms with van der Waals surface area (Å²) in [5.41, 5.74) is 0.292. The number of rotatable bonds is 2. The minimum Gasteiger partial charge on any atom is -0.295 e. The van der Waals surface area contributed by atoms with Crippen LogP contribution in [0.3, 0.4) is 0 Å². The first kappa shape index (κ1) is 11.2. The lowest BCUT2D eigenvalue weighted by atomic mass is 10.2. The van der Waals surface area contributed by atoms with E-state index in [1.165, 1.54) is 12.1 Å². The highest BCUT2D eigenvalue weighted by atomic mass is 35.5. The second-order valence-electron chi connectivity index (χ2n) is 2.62. The Morgan fingerprint density at radius 1 is 1.31 bits per heavy atom. The molecule has 0 bridgehead atoms. The molecule has 2 heterocycles. The van der Waals surface area contributed by atoms with Crippen LogP contribution in [0.5, 0.6) is 0 Å². The molecule has 2 aromatic heterocycles. The quantitative estimate of drug-likeness (QED) is 0.847. The standard InChI is InChI=1S/C7H3Cl2N5OS/c8-4-1-3(2-5(9)10-4)6(15)11-7-12-13-14-16-7/h1-2H,(H,11,12,14,15). The van der Waals surface area contributed by atoms with Crippen molar-refractivity contribution in [1.82, 2.24) is 19.8 Å². The van der Waals surface area contributed by atoms with Gasteiger partial charge in [0.1, 0.15) is 10.3 Å². The Labute approximate surface area is 104 Å². The fourth-order valence-corrected chi connectivity index (χ4v) is 1.77. The molecule has 0 unspecified atom stereocenters. The van der Waals surface area contributed by atoms with Gasteiger partial charge in [0.2, 0.25) is 5.13 Å². The molecule has 16 heavy (non-hydrogen) atoms. The first-order valence-electron chi connectivity index (χ1n) is 3.94. The van der Waals surface area contributed by atoms with Gasteiger partial charge in [-0.1, -0.05) is 32.8 Å². The van der Waals surface area contributed by atoms with Crippen LogP contribution in [0, 0.1) is 0 Å². The lowest BCUT2D eigenvalue weighted by Gasteiger charge is -2.01. The predicted octanol–water partition coefficient (Wildman–Crippen LogP) is 1.89. The van der Waals surface area contributed by atoms with Crippen molar-refractivity contribution in [2.45, 2.75) is 0 Å². The van der Waals surface area contributed by atoms with Gasteiger partial charge in [0, 0.05) is 17.1 Å². The molecule has 0 atom stereocenters. The van der Waals surface area contributed by atoms with Crippen molar-refractivity contribution in [3.63, 3.8) is 0 Å². The summed E-state index contributed by atoms with van der Waals surface area (Å²) in [5, 5.41) is 10.00. The maximum Gasteiger partial charge on any atom is 0.257 e. The van der Waals surface area contributed by atoms with Gasteiger partial charge in [0.05, 0.1) is 0 Å². The SMILES string of the molecule is O=C(Nc1nnns1)c1cc(Cl)nc(Cl)c1. The summed E-state index contributed by atoms with van der Waals surface area (Å²) in [6.45, 7) is 0. The van der Waals surface area contributed by atoms with Gasteiger partial charge in [-0.2, -0.15) is 0 Å². The highest BCUT2D eigenvalue weighted by molar-refractivity contribution is 7.09. The molecule has 1 N–H and O–H groups in total. The van der Waals surface area contributed by atoms with Gasteiger partial charge in [-0.25, -0.2) is 4.98 Å². The second kappa shape index (κ2) is 4.69. The maximum atomic E-state index is 11.7. The number of hydrogen-bond donors (Lipinski definition) is 1. The van der Waals surface area contributed by atoms with Crippen LogP contribution in [0.15, 0.2) is 12.1 Å². The van der Waals surface area contributed by atoms with Crippen molar-refractivity contribution in [1.29, 1.82) is 0 Å². The van der Waals surface area contributed by atoms with Crippen LogP contribution < -0.4 is 5.32 Å². The third kappa shape index (κ3) is 2.63. The summed E-state index contributed by atoms with van der Waals surface area (Å²) in [5.74, 6) is -0.398. The van der Waals surface area contributed by atoms with Crippen molar-refractivity contribution < 1.29 is 4.79 Å². The van der Waals surface area contributed by atoms with E-state index in [1.54, 1.807) is 0 Å². The largest absolute Gasteiger partial charge is 0.295 e. The number of pyridine rings is 1. The molecular weight excluding hydrogens is 273 g/mol. The Bertz CT molecular complexity index is 497. The predicted molar refractivity (Wildman–Crippen MR) is 59.9 cm³/mol. The molecule has 9 heteroatoms. The highest BCUT2D eigenvalue weighted by Gasteiger charge is 2.10. The number of nitrogens with one attached hydrogen (secondary N) is 1. The van der Waals surface area contributed by atoms with E-state index in [0.717, 1.165) is 11.5 Å². The molecule has 0 aliphatic heterocycles. The molecular formula is C7H3Cl2N5OS. The Kier molecular flexibility index (Phi) is 3.28. The van der Waals surface area contributed by atoms with Crippen molar-refractivity contribution in [3.8, 4) is 0 Å². The molecule has 1 amide bonds. The van der Waals surface area contributed by atoms with Gasteiger partial charge in [0.25, 0.3) is 5.91 Å². The molecule has 0 radical (unpaired) electrons. The molecule has 0 spiro atoms. The number of aromatic nitrogens is 4. The van der Waals surface area contributed by atoms with E-state index in [-0.39, 0.29) is 10.3 Å². The van der Waals surface area contributed by atoms with Crippen LogP contribution in [-0.2, 0) is 0 Å². The zero-order chi connectivity index (χ0) is 11.5. The van der Waals surface area contributed by atoms with Gasteiger partial charge in [-0.05, 0) is 17.3 Å². The Morgan fingerprint density at radius 2 is 2.00 bits per heavy atom. The molecule has 2 aromatic rings. The molecule has 82 valence electrons. The average Bonchev–Trinajstić information content (AvgIpc) is 2.68. The molecule has 0 saturated carbocycles. The zero-order valence-corrected chi connectivity index (χ0v) is 9.84. The van der Waals surface area contributed by atoms with E-state index in [1.807, 2.05) is 0 Å². The van der Waals surface area contributed by atoms with Crippen LogP contribution in [-0.4, -0.2) is 25.7 Å².